The summed E-state index contributed by atoms with van der Waals surface area (Å²) in [6.07, 6.45) is 0.188. The molecule has 0 spiro atoms. The Balaban J connectivity index is 1.94. The third kappa shape index (κ3) is 4.14. The zero-order valence-corrected chi connectivity index (χ0v) is 15.8. The molecule has 2 aromatic carbocycles. The van der Waals surface area contributed by atoms with Gasteiger partial charge in [-0.05, 0) is 23.3 Å². The number of aliphatic carboxylic acids is 1. The minimum Gasteiger partial charge on any atom is -0.493 e. The number of nitrogens with zero attached hydrogens (tertiary/aromatic N) is 2. The van der Waals surface area contributed by atoms with Crippen molar-refractivity contribution in [3.8, 4) is 11.5 Å². The predicted octanol–water partition coefficient (Wildman–Crippen LogP) is 3.25. The molecular formula is C21H22N2O5. The number of carboxylic acids is 1. The summed E-state index contributed by atoms with van der Waals surface area (Å²) < 4.78 is 10.7. The number of carbonyl (C=O) groups excluding carboxylic acids is 1. The average molecular weight is 382 g/mol. The Morgan fingerprint density at radius 1 is 1.07 bits per heavy atom. The molecule has 0 bridgehead atoms. The molecule has 0 unspecified atom stereocenters. The minimum absolute atomic E-state index is 0.106. The molecule has 0 saturated carbocycles. The number of methoxy groups -OCH3 is 2. The van der Waals surface area contributed by atoms with Crippen LogP contribution in [0, 0.1) is 0 Å². The van der Waals surface area contributed by atoms with Crippen molar-refractivity contribution in [1.29, 1.82) is 0 Å². The Kier molecular flexibility index (Phi) is 5.93. The number of carboxylic acid groups (broad SMARTS) is 1. The van der Waals surface area contributed by atoms with E-state index in [1.807, 2.05) is 42.5 Å². The zero-order chi connectivity index (χ0) is 20.1. The van der Waals surface area contributed by atoms with Gasteiger partial charge in [-0.3, -0.25) is 9.59 Å². The zero-order valence-electron chi connectivity index (χ0n) is 15.8. The van der Waals surface area contributed by atoms with E-state index in [1.54, 1.807) is 20.3 Å². The molecule has 2 aromatic rings. The summed E-state index contributed by atoms with van der Waals surface area (Å²) in [5.41, 5.74) is 2.56. The van der Waals surface area contributed by atoms with E-state index in [1.165, 1.54) is 5.01 Å². The summed E-state index contributed by atoms with van der Waals surface area (Å²) in [6, 6.07) is 14.8. The molecule has 0 radical (unpaired) electrons. The van der Waals surface area contributed by atoms with E-state index in [0.717, 1.165) is 16.8 Å². The maximum Gasteiger partial charge on any atom is 0.303 e. The number of ether oxygens (including phenoxy) is 2. The molecule has 28 heavy (non-hydrogen) atoms. The van der Waals surface area contributed by atoms with Gasteiger partial charge in [-0.15, -0.1) is 0 Å². The Hall–Kier alpha value is -3.35. The first kappa shape index (κ1) is 19.4. The van der Waals surface area contributed by atoms with E-state index in [0.29, 0.717) is 17.9 Å². The van der Waals surface area contributed by atoms with Crippen LogP contribution in [-0.2, 0) is 9.59 Å². The molecule has 0 aromatic heterocycles. The summed E-state index contributed by atoms with van der Waals surface area (Å²) in [7, 11) is 3.11. The van der Waals surface area contributed by atoms with Crippen molar-refractivity contribution >= 4 is 17.6 Å². The van der Waals surface area contributed by atoms with Crippen LogP contribution in [0.3, 0.4) is 0 Å². The normalized spacial score (nSPS) is 15.9. The first-order valence-electron chi connectivity index (χ1n) is 8.92. The van der Waals surface area contributed by atoms with Gasteiger partial charge in [-0.25, -0.2) is 5.01 Å². The maximum absolute atomic E-state index is 12.7. The van der Waals surface area contributed by atoms with Crippen LogP contribution in [0.1, 0.15) is 36.4 Å². The molecule has 7 nitrogen and oxygen atoms in total. The van der Waals surface area contributed by atoms with Gasteiger partial charge >= 0.3 is 5.97 Å². The fourth-order valence-corrected chi connectivity index (χ4v) is 3.19. The van der Waals surface area contributed by atoms with Crippen LogP contribution in [0.4, 0.5) is 0 Å². The summed E-state index contributed by atoms with van der Waals surface area (Å²) in [5, 5.41) is 14.8. The molecule has 3 rings (SSSR count). The summed E-state index contributed by atoms with van der Waals surface area (Å²) >= 11 is 0. The van der Waals surface area contributed by atoms with Crippen molar-refractivity contribution in [3.05, 3.63) is 59.7 Å². The van der Waals surface area contributed by atoms with E-state index in [-0.39, 0.29) is 24.8 Å². The predicted molar refractivity (Wildman–Crippen MR) is 104 cm³/mol. The number of amides is 1. The monoisotopic (exact) mass is 382 g/mol. The van der Waals surface area contributed by atoms with Crippen molar-refractivity contribution in [2.75, 3.05) is 14.2 Å². The topological polar surface area (TPSA) is 88.4 Å². The number of hydrazone groups is 1. The van der Waals surface area contributed by atoms with Gasteiger partial charge in [0, 0.05) is 12.8 Å². The first-order chi connectivity index (χ1) is 13.5. The van der Waals surface area contributed by atoms with Gasteiger partial charge in [-0.2, -0.15) is 5.10 Å². The number of carbonyl (C=O) groups is 2. The lowest BCUT2D eigenvalue weighted by Gasteiger charge is -2.22. The number of hydrogen-bond donors (Lipinski definition) is 1. The molecule has 7 heteroatoms. The number of hydrogen-bond acceptors (Lipinski definition) is 5. The molecule has 1 atom stereocenters. The van der Waals surface area contributed by atoms with Gasteiger partial charge in [0.05, 0.1) is 32.4 Å². The van der Waals surface area contributed by atoms with Gasteiger partial charge < -0.3 is 14.6 Å². The van der Waals surface area contributed by atoms with E-state index in [9.17, 15) is 9.59 Å². The summed E-state index contributed by atoms with van der Waals surface area (Å²) in [5.74, 6) is -0.182. The molecule has 146 valence electrons. The SMILES string of the molecule is COc1ccc([C@@H]2CC(c3ccccc3)=NN2C(=O)CCC(=O)O)cc1OC. The Morgan fingerprint density at radius 3 is 2.43 bits per heavy atom. The van der Waals surface area contributed by atoms with E-state index < -0.39 is 5.97 Å². The number of benzene rings is 2. The van der Waals surface area contributed by atoms with Crippen LogP contribution >= 0.6 is 0 Å². The molecular weight excluding hydrogens is 360 g/mol. The van der Waals surface area contributed by atoms with Crippen molar-refractivity contribution < 1.29 is 24.2 Å². The minimum atomic E-state index is -1.01. The van der Waals surface area contributed by atoms with Crippen LogP contribution in [0.5, 0.6) is 11.5 Å². The highest BCUT2D eigenvalue weighted by molar-refractivity contribution is 6.03. The molecule has 0 aliphatic carbocycles. The molecule has 1 N–H and O–H groups in total. The Labute approximate surface area is 163 Å². The second-order valence-corrected chi connectivity index (χ2v) is 6.38. The lowest BCUT2D eigenvalue weighted by molar-refractivity contribution is -0.141. The van der Waals surface area contributed by atoms with Crippen molar-refractivity contribution in [1.82, 2.24) is 5.01 Å². The lowest BCUT2D eigenvalue weighted by Crippen LogP contribution is -2.27. The highest BCUT2D eigenvalue weighted by Crippen LogP contribution is 2.37. The fourth-order valence-electron chi connectivity index (χ4n) is 3.19. The van der Waals surface area contributed by atoms with Crippen molar-refractivity contribution in [2.45, 2.75) is 25.3 Å². The summed E-state index contributed by atoms with van der Waals surface area (Å²) in [6.45, 7) is 0. The fraction of sp³-hybridized carbons (Fsp3) is 0.286. The highest BCUT2D eigenvalue weighted by Gasteiger charge is 2.33. The van der Waals surface area contributed by atoms with Crippen molar-refractivity contribution in [2.24, 2.45) is 5.10 Å². The smallest absolute Gasteiger partial charge is 0.303 e. The Morgan fingerprint density at radius 2 is 1.79 bits per heavy atom. The summed E-state index contributed by atoms with van der Waals surface area (Å²) in [4.78, 5) is 23.6. The van der Waals surface area contributed by atoms with Crippen LogP contribution in [0.2, 0.25) is 0 Å². The highest BCUT2D eigenvalue weighted by atomic mass is 16.5. The van der Waals surface area contributed by atoms with Gasteiger partial charge in [0.15, 0.2) is 11.5 Å². The second-order valence-electron chi connectivity index (χ2n) is 6.38. The Bertz CT molecular complexity index is 895. The van der Waals surface area contributed by atoms with Gasteiger partial charge in [0.25, 0.3) is 0 Å². The number of rotatable bonds is 7. The molecule has 1 aliphatic heterocycles. The molecule has 1 heterocycles. The standard InChI is InChI=1S/C21H22N2O5/c1-27-18-9-8-15(12-19(18)28-2)17-13-16(14-6-4-3-5-7-14)22-23(17)20(24)10-11-21(25)26/h3-9,12,17H,10-11,13H2,1-2H3,(H,25,26)/t17-/m0/s1. The largest absolute Gasteiger partial charge is 0.493 e. The molecule has 0 fully saturated rings. The maximum atomic E-state index is 12.7. The van der Waals surface area contributed by atoms with Gasteiger partial charge in [0.2, 0.25) is 5.91 Å². The molecule has 1 aliphatic rings. The lowest BCUT2D eigenvalue weighted by atomic mass is 9.98. The van der Waals surface area contributed by atoms with Crippen LogP contribution in [0.15, 0.2) is 53.6 Å². The molecule has 1 amide bonds. The third-order valence-corrected chi connectivity index (χ3v) is 4.62. The van der Waals surface area contributed by atoms with Gasteiger partial charge in [0.1, 0.15) is 0 Å². The first-order valence-corrected chi connectivity index (χ1v) is 8.92. The van der Waals surface area contributed by atoms with Crippen LogP contribution in [0.25, 0.3) is 0 Å². The third-order valence-electron chi connectivity index (χ3n) is 4.62. The van der Waals surface area contributed by atoms with E-state index >= 15 is 0 Å². The van der Waals surface area contributed by atoms with E-state index in [2.05, 4.69) is 5.10 Å². The van der Waals surface area contributed by atoms with Crippen LogP contribution < -0.4 is 9.47 Å². The quantitative estimate of drug-likeness (QED) is 0.794. The average Bonchev–Trinajstić information content (AvgIpc) is 3.17. The van der Waals surface area contributed by atoms with Crippen molar-refractivity contribution in [3.63, 3.8) is 0 Å². The second kappa shape index (κ2) is 8.56. The molecule has 0 saturated heterocycles. The van der Waals surface area contributed by atoms with E-state index in [4.69, 9.17) is 14.6 Å². The van der Waals surface area contributed by atoms with Crippen LogP contribution in [-0.4, -0.2) is 41.9 Å². The van der Waals surface area contributed by atoms with Gasteiger partial charge in [-0.1, -0.05) is 36.4 Å².